The number of hydrogen-bond acceptors (Lipinski definition) is 3. The SMILES string of the molecule is CC1(C)CCC(NCC2(O)CCOCC2)C1. The summed E-state index contributed by atoms with van der Waals surface area (Å²) in [7, 11) is 0. The molecule has 94 valence electrons. The van der Waals surface area contributed by atoms with Gasteiger partial charge in [-0.15, -0.1) is 0 Å². The molecule has 1 unspecified atom stereocenters. The van der Waals surface area contributed by atoms with Gasteiger partial charge in [0.25, 0.3) is 0 Å². The van der Waals surface area contributed by atoms with Crippen LogP contribution in [-0.2, 0) is 4.74 Å². The van der Waals surface area contributed by atoms with Gasteiger partial charge in [0.15, 0.2) is 0 Å². The van der Waals surface area contributed by atoms with Crippen molar-refractivity contribution in [3.63, 3.8) is 0 Å². The minimum atomic E-state index is -0.523. The predicted molar refractivity (Wildman–Crippen MR) is 64.4 cm³/mol. The highest BCUT2D eigenvalue weighted by Crippen LogP contribution is 2.37. The Morgan fingerprint density at radius 1 is 1.25 bits per heavy atom. The number of aliphatic hydroxyl groups is 1. The van der Waals surface area contributed by atoms with Crippen molar-refractivity contribution in [1.29, 1.82) is 0 Å². The third-order valence-corrected chi connectivity index (χ3v) is 4.11. The van der Waals surface area contributed by atoms with Gasteiger partial charge in [0.2, 0.25) is 0 Å². The molecule has 2 aliphatic rings. The first kappa shape index (κ1) is 12.3. The van der Waals surface area contributed by atoms with Crippen LogP contribution in [0, 0.1) is 5.41 Å². The molecule has 1 aliphatic heterocycles. The molecular formula is C13H25NO2. The zero-order valence-corrected chi connectivity index (χ0v) is 10.6. The summed E-state index contributed by atoms with van der Waals surface area (Å²) < 4.78 is 5.28. The van der Waals surface area contributed by atoms with Crippen molar-refractivity contribution in [3.05, 3.63) is 0 Å². The van der Waals surface area contributed by atoms with Crippen LogP contribution in [0.3, 0.4) is 0 Å². The van der Waals surface area contributed by atoms with Crippen LogP contribution in [0.15, 0.2) is 0 Å². The van der Waals surface area contributed by atoms with Crippen molar-refractivity contribution in [3.8, 4) is 0 Å². The molecule has 2 rings (SSSR count). The average molecular weight is 227 g/mol. The minimum absolute atomic E-state index is 0.482. The molecule has 3 nitrogen and oxygen atoms in total. The Morgan fingerprint density at radius 2 is 1.94 bits per heavy atom. The van der Waals surface area contributed by atoms with Gasteiger partial charge in [-0.3, -0.25) is 0 Å². The molecule has 1 saturated carbocycles. The summed E-state index contributed by atoms with van der Waals surface area (Å²) in [6.07, 6.45) is 5.33. The van der Waals surface area contributed by atoms with Crippen molar-refractivity contribution in [2.24, 2.45) is 5.41 Å². The molecular weight excluding hydrogens is 202 g/mol. The molecule has 1 heterocycles. The normalized spacial score (nSPS) is 32.8. The van der Waals surface area contributed by atoms with Crippen LogP contribution in [0.25, 0.3) is 0 Å². The second-order valence-electron chi connectivity index (χ2n) is 6.32. The van der Waals surface area contributed by atoms with E-state index < -0.39 is 5.60 Å². The molecule has 1 aliphatic carbocycles. The van der Waals surface area contributed by atoms with Crippen molar-refractivity contribution in [1.82, 2.24) is 5.32 Å². The van der Waals surface area contributed by atoms with Crippen molar-refractivity contribution in [2.45, 2.75) is 57.6 Å². The fourth-order valence-corrected chi connectivity index (χ4v) is 2.87. The van der Waals surface area contributed by atoms with Gasteiger partial charge >= 0.3 is 0 Å². The third kappa shape index (κ3) is 3.19. The second kappa shape index (κ2) is 4.63. The van der Waals surface area contributed by atoms with Gasteiger partial charge in [-0.05, 0) is 24.7 Å². The van der Waals surface area contributed by atoms with Crippen LogP contribution in [0.5, 0.6) is 0 Å². The Labute approximate surface area is 98.6 Å². The van der Waals surface area contributed by atoms with Crippen LogP contribution < -0.4 is 5.32 Å². The van der Waals surface area contributed by atoms with E-state index in [0.29, 0.717) is 24.7 Å². The van der Waals surface area contributed by atoms with Gasteiger partial charge < -0.3 is 15.2 Å². The molecule has 0 bridgehead atoms. The summed E-state index contributed by atoms with van der Waals surface area (Å²) in [5, 5.41) is 13.9. The smallest absolute Gasteiger partial charge is 0.0815 e. The lowest BCUT2D eigenvalue weighted by molar-refractivity contribution is -0.0627. The number of nitrogens with one attached hydrogen (secondary N) is 1. The third-order valence-electron chi connectivity index (χ3n) is 4.11. The van der Waals surface area contributed by atoms with Crippen molar-refractivity contribution < 1.29 is 9.84 Å². The highest BCUT2D eigenvalue weighted by molar-refractivity contribution is 4.90. The highest BCUT2D eigenvalue weighted by atomic mass is 16.5. The summed E-state index contributed by atoms with van der Waals surface area (Å²) in [5.41, 5.74) is -0.0407. The Bertz CT molecular complexity index is 234. The van der Waals surface area contributed by atoms with E-state index in [1.807, 2.05) is 0 Å². The molecule has 0 aromatic rings. The summed E-state index contributed by atoms with van der Waals surface area (Å²) in [6, 6.07) is 0.599. The van der Waals surface area contributed by atoms with E-state index >= 15 is 0 Å². The standard InChI is InChI=1S/C13H25NO2/c1-12(2)4-3-11(9-12)14-10-13(15)5-7-16-8-6-13/h11,14-15H,3-10H2,1-2H3. The molecule has 16 heavy (non-hydrogen) atoms. The molecule has 0 radical (unpaired) electrons. The van der Waals surface area contributed by atoms with Crippen LogP contribution in [0.2, 0.25) is 0 Å². The minimum Gasteiger partial charge on any atom is -0.388 e. The first-order valence-corrected chi connectivity index (χ1v) is 6.53. The van der Waals surface area contributed by atoms with E-state index in [-0.39, 0.29) is 0 Å². The van der Waals surface area contributed by atoms with Gasteiger partial charge in [-0.1, -0.05) is 13.8 Å². The fraction of sp³-hybridized carbons (Fsp3) is 1.00. The summed E-state index contributed by atoms with van der Waals surface area (Å²) in [6.45, 7) is 6.80. The number of rotatable bonds is 3. The van der Waals surface area contributed by atoms with Crippen LogP contribution >= 0.6 is 0 Å². The lowest BCUT2D eigenvalue weighted by atomic mass is 9.91. The Balaban J connectivity index is 1.75. The molecule has 1 saturated heterocycles. The van der Waals surface area contributed by atoms with Crippen molar-refractivity contribution >= 4 is 0 Å². The van der Waals surface area contributed by atoms with Crippen LogP contribution in [0.1, 0.15) is 46.0 Å². The van der Waals surface area contributed by atoms with E-state index in [1.165, 1.54) is 19.3 Å². The van der Waals surface area contributed by atoms with Gasteiger partial charge in [-0.25, -0.2) is 0 Å². The zero-order valence-electron chi connectivity index (χ0n) is 10.6. The topological polar surface area (TPSA) is 41.5 Å². The number of ether oxygens (including phenoxy) is 1. The van der Waals surface area contributed by atoms with E-state index in [1.54, 1.807) is 0 Å². The molecule has 0 aromatic carbocycles. The van der Waals surface area contributed by atoms with E-state index in [2.05, 4.69) is 19.2 Å². The molecule has 2 N–H and O–H groups in total. The Hall–Kier alpha value is -0.120. The number of hydrogen-bond donors (Lipinski definition) is 2. The van der Waals surface area contributed by atoms with Gasteiger partial charge in [0.1, 0.15) is 0 Å². The maximum absolute atomic E-state index is 10.3. The highest BCUT2D eigenvalue weighted by Gasteiger charge is 2.34. The first-order chi connectivity index (χ1) is 7.49. The Morgan fingerprint density at radius 3 is 2.50 bits per heavy atom. The van der Waals surface area contributed by atoms with Gasteiger partial charge in [0, 0.05) is 38.6 Å². The zero-order chi connectivity index (χ0) is 11.6. The molecule has 3 heteroatoms. The Kier molecular flexibility index (Phi) is 3.57. The lowest BCUT2D eigenvalue weighted by Crippen LogP contribution is -2.47. The average Bonchev–Trinajstić information content (AvgIpc) is 2.57. The maximum atomic E-state index is 10.3. The van der Waals surface area contributed by atoms with E-state index in [0.717, 1.165) is 19.4 Å². The summed E-state index contributed by atoms with van der Waals surface area (Å²) in [5.74, 6) is 0. The van der Waals surface area contributed by atoms with E-state index in [9.17, 15) is 5.11 Å². The van der Waals surface area contributed by atoms with Gasteiger partial charge in [-0.2, -0.15) is 0 Å². The lowest BCUT2D eigenvalue weighted by Gasteiger charge is -2.33. The first-order valence-electron chi connectivity index (χ1n) is 6.53. The molecule has 0 spiro atoms. The fourth-order valence-electron chi connectivity index (χ4n) is 2.87. The summed E-state index contributed by atoms with van der Waals surface area (Å²) >= 11 is 0. The molecule has 0 amide bonds. The largest absolute Gasteiger partial charge is 0.388 e. The summed E-state index contributed by atoms with van der Waals surface area (Å²) in [4.78, 5) is 0. The monoisotopic (exact) mass is 227 g/mol. The molecule has 2 fully saturated rings. The quantitative estimate of drug-likeness (QED) is 0.771. The van der Waals surface area contributed by atoms with Gasteiger partial charge in [0.05, 0.1) is 5.60 Å². The molecule has 1 atom stereocenters. The van der Waals surface area contributed by atoms with Crippen molar-refractivity contribution in [2.75, 3.05) is 19.8 Å². The van der Waals surface area contributed by atoms with E-state index in [4.69, 9.17) is 4.74 Å². The predicted octanol–water partition coefficient (Wildman–Crippen LogP) is 1.70. The second-order valence-corrected chi connectivity index (χ2v) is 6.32. The van der Waals surface area contributed by atoms with Crippen LogP contribution in [0.4, 0.5) is 0 Å². The van der Waals surface area contributed by atoms with Crippen LogP contribution in [-0.4, -0.2) is 36.5 Å². The molecule has 0 aromatic heterocycles. The maximum Gasteiger partial charge on any atom is 0.0815 e.